The Hall–Kier alpha value is -2.45. The summed E-state index contributed by atoms with van der Waals surface area (Å²) in [5.74, 6) is -0.577. The summed E-state index contributed by atoms with van der Waals surface area (Å²) in [6.45, 7) is 2.04. The monoisotopic (exact) mass is 587 g/mol. The number of rotatable bonds is 8. The molecular formula is C23H26ClN3O7S3. The number of thiazole rings is 1. The second kappa shape index (κ2) is 11.5. The molecule has 0 saturated carbocycles. The number of methoxy groups -OCH3 is 2. The van der Waals surface area contributed by atoms with Crippen molar-refractivity contribution in [2.45, 2.75) is 30.5 Å². The summed E-state index contributed by atoms with van der Waals surface area (Å²) in [6, 6.07) is 6.45. The predicted octanol–water partition coefficient (Wildman–Crippen LogP) is 3.53. The number of aromatic nitrogens is 1. The lowest BCUT2D eigenvalue weighted by atomic mass is 9.99. The lowest BCUT2D eigenvalue weighted by Crippen LogP contribution is -2.42. The van der Waals surface area contributed by atoms with Gasteiger partial charge in [-0.15, -0.1) is 11.3 Å². The van der Waals surface area contributed by atoms with Crippen LogP contribution in [0.5, 0.6) is 11.5 Å². The van der Waals surface area contributed by atoms with Crippen molar-refractivity contribution in [2.75, 3.05) is 33.9 Å². The molecular weight excluding hydrogens is 562 g/mol. The minimum absolute atomic E-state index is 0.00952. The van der Waals surface area contributed by atoms with Crippen molar-refractivity contribution in [3.05, 3.63) is 33.4 Å². The molecule has 0 N–H and O–H groups in total. The van der Waals surface area contributed by atoms with Crippen LogP contribution in [0.15, 0.2) is 33.5 Å². The van der Waals surface area contributed by atoms with Gasteiger partial charge < -0.3 is 18.8 Å². The number of esters is 1. The summed E-state index contributed by atoms with van der Waals surface area (Å²) in [5.41, 5.74) is 0.550. The zero-order valence-electron chi connectivity index (χ0n) is 20.4. The highest BCUT2D eigenvalue weighted by Gasteiger charge is 2.34. The van der Waals surface area contributed by atoms with E-state index >= 15 is 0 Å². The van der Waals surface area contributed by atoms with Gasteiger partial charge >= 0.3 is 5.97 Å². The SMILES string of the molecule is CCOC(=O)Cn1c(=NC(=O)C2CCCN(S(=O)(=O)c3ccc(Cl)s3)C2)sc2c(OC)ccc(OC)c21. The quantitative estimate of drug-likeness (QED) is 0.370. The van der Waals surface area contributed by atoms with Crippen LogP contribution in [0.1, 0.15) is 19.8 Å². The van der Waals surface area contributed by atoms with Gasteiger partial charge in [-0.2, -0.15) is 9.30 Å². The van der Waals surface area contributed by atoms with Crippen molar-refractivity contribution in [1.29, 1.82) is 0 Å². The van der Waals surface area contributed by atoms with Gasteiger partial charge in [-0.3, -0.25) is 9.59 Å². The molecule has 1 amide bonds. The van der Waals surface area contributed by atoms with Gasteiger partial charge in [0, 0.05) is 13.1 Å². The van der Waals surface area contributed by atoms with Crippen LogP contribution in [-0.2, 0) is 30.9 Å². The van der Waals surface area contributed by atoms with Gasteiger partial charge in [0.1, 0.15) is 32.5 Å². The van der Waals surface area contributed by atoms with Crippen molar-refractivity contribution in [3.8, 4) is 11.5 Å². The van der Waals surface area contributed by atoms with Crippen molar-refractivity contribution in [1.82, 2.24) is 8.87 Å². The predicted molar refractivity (Wildman–Crippen MR) is 141 cm³/mol. The molecule has 1 aromatic carbocycles. The Labute approximate surface area is 227 Å². The standard InChI is InChI=1S/C23H26ClN3O7S3/c1-4-34-18(28)13-27-20-15(32-2)7-8-16(33-3)21(20)36-23(27)25-22(29)14-6-5-11-26(12-14)37(30,31)19-10-9-17(24)35-19/h7-10,14H,4-6,11-13H2,1-3H3. The highest BCUT2D eigenvalue weighted by Crippen LogP contribution is 2.35. The van der Waals surface area contributed by atoms with E-state index in [-0.39, 0.29) is 28.7 Å². The lowest BCUT2D eigenvalue weighted by Gasteiger charge is -2.29. The van der Waals surface area contributed by atoms with Gasteiger partial charge in [-0.05, 0) is 44.0 Å². The molecule has 37 heavy (non-hydrogen) atoms. The number of ether oxygens (including phenoxy) is 3. The van der Waals surface area contributed by atoms with Crippen LogP contribution >= 0.6 is 34.3 Å². The van der Waals surface area contributed by atoms with E-state index in [1.165, 1.54) is 42.0 Å². The molecule has 1 aliphatic rings. The summed E-state index contributed by atoms with van der Waals surface area (Å²) in [5, 5.41) is 0. The Morgan fingerprint density at radius 2 is 1.86 bits per heavy atom. The van der Waals surface area contributed by atoms with Crippen LogP contribution < -0.4 is 14.3 Å². The Morgan fingerprint density at radius 3 is 2.51 bits per heavy atom. The summed E-state index contributed by atoms with van der Waals surface area (Å²) in [6.07, 6.45) is 1.01. The highest BCUT2D eigenvalue weighted by atomic mass is 35.5. The van der Waals surface area contributed by atoms with Gasteiger partial charge in [0.05, 0.1) is 31.1 Å². The number of thiophene rings is 1. The molecule has 0 spiro atoms. The zero-order chi connectivity index (χ0) is 26.7. The number of halogens is 1. The van der Waals surface area contributed by atoms with E-state index in [4.69, 9.17) is 25.8 Å². The summed E-state index contributed by atoms with van der Waals surface area (Å²) >= 11 is 8.10. The van der Waals surface area contributed by atoms with Crippen LogP contribution in [0.3, 0.4) is 0 Å². The number of fused-ring (bicyclic) bond motifs is 1. The lowest BCUT2D eigenvalue weighted by molar-refractivity contribution is -0.143. The first kappa shape index (κ1) is 27.6. The molecule has 0 bridgehead atoms. The first-order valence-electron chi connectivity index (χ1n) is 11.4. The van der Waals surface area contributed by atoms with Crippen LogP contribution in [0.4, 0.5) is 0 Å². The van der Waals surface area contributed by atoms with Gasteiger partial charge in [-0.1, -0.05) is 22.9 Å². The first-order chi connectivity index (χ1) is 17.7. The van der Waals surface area contributed by atoms with Gasteiger partial charge in [0.2, 0.25) is 0 Å². The zero-order valence-corrected chi connectivity index (χ0v) is 23.6. The molecule has 1 fully saturated rings. The molecule has 200 valence electrons. The summed E-state index contributed by atoms with van der Waals surface area (Å²) in [7, 11) is -0.741. The fourth-order valence-corrected chi connectivity index (χ4v) is 8.44. The number of nitrogens with zero attached hydrogens (tertiary/aromatic N) is 3. The van der Waals surface area contributed by atoms with Crippen molar-refractivity contribution >= 4 is 66.4 Å². The Kier molecular flexibility index (Phi) is 8.59. The number of hydrogen-bond acceptors (Lipinski definition) is 9. The van der Waals surface area contributed by atoms with Crippen molar-refractivity contribution in [2.24, 2.45) is 10.9 Å². The molecule has 1 saturated heterocycles. The third-order valence-electron chi connectivity index (χ3n) is 5.87. The Balaban J connectivity index is 1.72. The molecule has 4 rings (SSSR count). The summed E-state index contributed by atoms with van der Waals surface area (Å²) < 4.78 is 46.3. The molecule has 1 atom stereocenters. The summed E-state index contributed by atoms with van der Waals surface area (Å²) in [4.78, 5) is 30.4. The topological polar surface area (TPSA) is 116 Å². The number of carbonyl (C=O) groups excluding carboxylic acids is 2. The number of carbonyl (C=O) groups is 2. The van der Waals surface area contributed by atoms with Crippen LogP contribution in [0.25, 0.3) is 10.2 Å². The molecule has 2 aromatic heterocycles. The van der Waals surface area contributed by atoms with Crippen molar-refractivity contribution < 1.29 is 32.2 Å². The molecule has 10 nitrogen and oxygen atoms in total. The van der Waals surface area contributed by atoms with Crippen LogP contribution in [0.2, 0.25) is 4.34 Å². The third kappa shape index (κ3) is 5.70. The molecule has 0 aliphatic carbocycles. The average molecular weight is 588 g/mol. The first-order valence-corrected chi connectivity index (χ1v) is 14.9. The van der Waals surface area contributed by atoms with E-state index in [1.807, 2.05) is 0 Å². The van der Waals surface area contributed by atoms with Crippen LogP contribution in [-0.4, -0.2) is 63.1 Å². The molecule has 3 aromatic rings. The fourth-order valence-electron chi connectivity index (χ4n) is 4.13. The van der Waals surface area contributed by atoms with Crippen LogP contribution in [0, 0.1) is 5.92 Å². The number of hydrogen-bond donors (Lipinski definition) is 0. The maximum atomic E-state index is 13.3. The van der Waals surface area contributed by atoms with E-state index in [9.17, 15) is 18.0 Å². The average Bonchev–Trinajstić information content (AvgIpc) is 3.48. The third-order valence-corrected chi connectivity index (χ3v) is 10.5. The minimum atomic E-state index is -3.77. The largest absolute Gasteiger partial charge is 0.495 e. The smallest absolute Gasteiger partial charge is 0.326 e. The number of sulfonamides is 1. The molecule has 14 heteroatoms. The van der Waals surface area contributed by atoms with E-state index in [0.717, 1.165) is 11.3 Å². The van der Waals surface area contributed by atoms with Gasteiger partial charge in [-0.25, -0.2) is 8.42 Å². The Morgan fingerprint density at radius 1 is 1.14 bits per heavy atom. The molecule has 1 aliphatic heterocycles. The van der Waals surface area contributed by atoms with E-state index in [0.29, 0.717) is 45.4 Å². The van der Waals surface area contributed by atoms with Gasteiger partial charge in [0.25, 0.3) is 15.9 Å². The Bertz CT molecular complexity index is 1490. The van der Waals surface area contributed by atoms with E-state index < -0.39 is 27.8 Å². The number of benzene rings is 1. The molecule has 3 heterocycles. The second-order valence-electron chi connectivity index (χ2n) is 8.13. The molecule has 0 radical (unpaired) electrons. The highest BCUT2D eigenvalue weighted by molar-refractivity contribution is 7.91. The van der Waals surface area contributed by atoms with E-state index in [2.05, 4.69) is 4.99 Å². The minimum Gasteiger partial charge on any atom is -0.495 e. The maximum absolute atomic E-state index is 13.3. The normalized spacial score (nSPS) is 17.2. The number of piperidine rings is 1. The van der Waals surface area contributed by atoms with Crippen molar-refractivity contribution in [3.63, 3.8) is 0 Å². The number of amides is 1. The maximum Gasteiger partial charge on any atom is 0.326 e. The molecule has 1 unspecified atom stereocenters. The fraction of sp³-hybridized carbons (Fsp3) is 0.435. The van der Waals surface area contributed by atoms with E-state index in [1.54, 1.807) is 23.6 Å². The van der Waals surface area contributed by atoms with Gasteiger partial charge in [0.15, 0.2) is 4.80 Å². The second-order valence-corrected chi connectivity index (χ2v) is 13.0.